The second-order valence-corrected chi connectivity index (χ2v) is 2.75. The average Bonchev–Trinajstić information content (AvgIpc) is 2.17. The van der Waals surface area contributed by atoms with Gasteiger partial charge in [-0.25, -0.2) is 0 Å². The van der Waals surface area contributed by atoms with Crippen LogP contribution in [0.5, 0.6) is 11.5 Å². The van der Waals surface area contributed by atoms with Gasteiger partial charge in [-0.3, -0.25) is 4.79 Å². The van der Waals surface area contributed by atoms with Crippen LogP contribution in [-0.2, 0) is 0 Å². The Morgan fingerprint density at radius 3 is 2.29 bits per heavy atom. The van der Waals surface area contributed by atoms with Gasteiger partial charge < -0.3 is 9.47 Å². The van der Waals surface area contributed by atoms with Gasteiger partial charge in [0.25, 0.3) is 0 Å². The van der Waals surface area contributed by atoms with Crippen LogP contribution in [0.25, 0.3) is 0 Å². The Hall–Kier alpha value is -1.86. The fourth-order valence-electron chi connectivity index (χ4n) is 0.995. The van der Waals surface area contributed by atoms with Gasteiger partial charge in [0.15, 0.2) is 11.5 Å². The quantitative estimate of drug-likeness (QED) is 0.613. The van der Waals surface area contributed by atoms with Crippen molar-refractivity contribution in [1.29, 1.82) is 0 Å². The van der Waals surface area contributed by atoms with E-state index in [1.54, 1.807) is 0 Å². The Morgan fingerprint density at radius 2 is 1.82 bits per heavy atom. The lowest BCUT2D eigenvalue weighted by Gasteiger charge is -2.13. The van der Waals surface area contributed by atoms with Gasteiger partial charge in [-0.05, 0) is 18.2 Å². The minimum atomic E-state index is -5.04. The van der Waals surface area contributed by atoms with Crippen LogP contribution in [0.4, 0.5) is 22.0 Å². The van der Waals surface area contributed by atoms with E-state index in [1.807, 2.05) is 0 Å². The first kappa shape index (κ1) is 13.2. The fourth-order valence-corrected chi connectivity index (χ4v) is 0.995. The molecular formula is C9H5F5O3. The van der Waals surface area contributed by atoms with Gasteiger partial charge in [0.2, 0.25) is 0 Å². The highest BCUT2D eigenvalue weighted by atomic mass is 19.4. The summed E-state index contributed by atoms with van der Waals surface area (Å²) in [6.45, 7) is -3.33. The third-order valence-corrected chi connectivity index (χ3v) is 1.55. The number of hydrogen-bond acceptors (Lipinski definition) is 3. The first-order chi connectivity index (χ1) is 7.81. The summed E-state index contributed by atoms with van der Waals surface area (Å²) in [5.74, 6) is -1.80. The summed E-state index contributed by atoms with van der Waals surface area (Å²) in [4.78, 5) is 10.3. The number of rotatable bonds is 4. The molecule has 0 bridgehead atoms. The maximum atomic E-state index is 11.9. The van der Waals surface area contributed by atoms with Crippen molar-refractivity contribution in [2.24, 2.45) is 0 Å². The van der Waals surface area contributed by atoms with Crippen LogP contribution in [0.3, 0.4) is 0 Å². The van der Waals surface area contributed by atoms with Crippen molar-refractivity contribution in [3.8, 4) is 11.5 Å². The molecule has 3 nitrogen and oxygen atoms in total. The summed E-state index contributed by atoms with van der Waals surface area (Å²) in [6, 6.07) is 2.42. The maximum Gasteiger partial charge on any atom is 0.573 e. The lowest BCUT2D eigenvalue weighted by Crippen LogP contribution is -2.18. The third kappa shape index (κ3) is 4.25. The van der Waals surface area contributed by atoms with Crippen LogP contribution >= 0.6 is 0 Å². The van der Waals surface area contributed by atoms with Crippen molar-refractivity contribution in [2.75, 3.05) is 0 Å². The summed E-state index contributed by atoms with van der Waals surface area (Å²) in [5, 5.41) is 0. The van der Waals surface area contributed by atoms with Crippen LogP contribution in [0, 0.1) is 0 Å². The molecule has 0 N–H and O–H groups in total. The average molecular weight is 256 g/mol. The van der Waals surface area contributed by atoms with E-state index in [2.05, 4.69) is 9.47 Å². The molecule has 17 heavy (non-hydrogen) atoms. The first-order valence-corrected chi connectivity index (χ1v) is 4.11. The van der Waals surface area contributed by atoms with Crippen LogP contribution in [-0.4, -0.2) is 19.3 Å². The lowest BCUT2D eigenvalue weighted by molar-refractivity contribution is -0.275. The first-order valence-electron chi connectivity index (χ1n) is 4.11. The third-order valence-electron chi connectivity index (χ3n) is 1.55. The lowest BCUT2D eigenvalue weighted by atomic mass is 10.2. The Morgan fingerprint density at radius 1 is 1.18 bits per heavy atom. The molecule has 0 fully saturated rings. The van der Waals surface area contributed by atoms with E-state index >= 15 is 0 Å². The van der Waals surface area contributed by atoms with Crippen molar-refractivity contribution < 1.29 is 36.2 Å². The van der Waals surface area contributed by atoms with Gasteiger partial charge in [0.1, 0.15) is 6.29 Å². The van der Waals surface area contributed by atoms with Crippen LogP contribution in [0.1, 0.15) is 10.4 Å². The molecular weight excluding hydrogens is 251 g/mol. The molecule has 0 aliphatic carbocycles. The molecule has 0 saturated heterocycles. The molecule has 0 amide bonds. The Kier molecular flexibility index (Phi) is 3.87. The predicted molar refractivity (Wildman–Crippen MR) is 45.1 cm³/mol. The number of benzene rings is 1. The van der Waals surface area contributed by atoms with Crippen molar-refractivity contribution in [3.05, 3.63) is 23.8 Å². The zero-order valence-electron chi connectivity index (χ0n) is 8.00. The smallest absolute Gasteiger partial charge is 0.431 e. The molecule has 0 spiro atoms. The zero-order valence-corrected chi connectivity index (χ0v) is 8.00. The number of carbonyl (C=O) groups is 1. The summed E-state index contributed by atoms with van der Waals surface area (Å²) >= 11 is 0. The highest BCUT2D eigenvalue weighted by Crippen LogP contribution is 2.33. The van der Waals surface area contributed by atoms with Crippen LogP contribution in [0.15, 0.2) is 18.2 Å². The molecule has 0 unspecified atom stereocenters. The van der Waals surface area contributed by atoms with Gasteiger partial charge in [-0.15, -0.1) is 13.2 Å². The van der Waals surface area contributed by atoms with Gasteiger partial charge in [0, 0.05) is 5.56 Å². The molecule has 0 aliphatic heterocycles. The SMILES string of the molecule is O=Cc1ccc(OC(F)(F)F)c(OC(F)F)c1. The minimum Gasteiger partial charge on any atom is -0.431 e. The monoisotopic (exact) mass is 256 g/mol. The number of hydrogen-bond donors (Lipinski definition) is 0. The number of halogens is 5. The van der Waals surface area contributed by atoms with E-state index < -0.39 is 24.5 Å². The molecule has 0 aliphatic rings. The van der Waals surface area contributed by atoms with Crippen molar-refractivity contribution in [1.82, 2.24) is 0 Å². The normalized spacial score (nSPS) is 11.4. The second-order valence-electron chi connectivity index (χ2n) is 2.75. The molecule has 0 radical (unpaired) electrons. The van der Waals surface area contributed by atoms with E-state index in [0.717, 1.165) is 18.2 Å². The minimum absolute atomic E-state index is 0.116. The largest absolute Gasteiger partial charge is 0.573 e. The Labute approximate surface area is 91.7 Å². The van der Waals surface area contributed by atoms with Crippen LogP contribution in [0.2, 0.25) is 0 Å². The number of carbonyl (C=O) groups excluding carboxylic acids is 1. The molecule has 1 rings (SSSR count). The maximum absolute atomic E-state index is 11.9. The van der Waals surface area contributed by atoms with E-state index in [1.165, 1.54) is 0 Å². The standard InChI is InChI=1S/C9H5F5O3/c10-8(11)16-7-3-5(4-15)1-2-6(7)17-9(12,13)14/h1-4,8H. The predicted octanol–water partition coefficient (Wildman–Crippen LogP) is 3.00. The summed E-state index contributed by atoms with van der Waals surface area (Å²) in [6.07, 6.45) is -4.77. The summed E-state index contributed by atoms with van der Waals surface area (Å²) < 4.78 is 66.8. The van der Waals surface area contributed by atoms with E-state index in [4.69, 9.17) is 0 Å². The number of aldehydes is 1. The zero-order chi connectivity index (χ0) is 13.1. The van der Waals surface area contributed by atoms with E-state index in [-0.39, 0.29) is 11.8 Å². The Bertz CT molecular complexity index is 402. The molecule has 1 aromatic rings. The second kappa shape index (κ2) is 4.98. The van der Waals surface area contributed by atoms with Crippen LogP contribution < -0.4 is 9.47 Å². The van der Waals surface area contributed by atoms with Crippen molar-refractivity contribution in [3.63, 3.8) is 0 Å². The van der Waals surface area contributed by atoms with Gasteiger partial charge in [0.05, 0.1) is 0 Å². The van der Waals surface area contributed by atoms with Gasteiger partial charge in [-0.1, -0.05) is 0 Å². The van der Waals surface area contributed by atoms with Crippen molar-refractivity contribution >= 4 is 6.29 Å². The summed E-state index contributed by atoms with van der Waals surface area (Å²) in [7, 11) is 0. The molecule has 0 saturated carbocycles. The van der Waals surface area contributed by atoms with E-state index in [9.17, 15) is 26.7 Å². The molecule has 0 aromatic heterocycles. The van der Waals surface area contributed by atoms with E-state index in [0.29, 0.717) is 0 Å². The summed E-state index contributed by atoms with van der Waals surface area (Å²) in [5.41, 5.74) is -0.116. The van der Waals surface area contributed by atoms with Gasteiger partial charge in [-0.2, -0.15) is 8.78 Å². The number of alkyl halides is 5. The molecule has 94 valence electrons. The fraction of sp³-hybridized carbons (Fsp3) is 0.222. The molecule has 1 aromatic carbocycles. The highest BCUT2D eigenvalue weighted by Gasteiger charge is 2.32. The van der Waals surface area contributed by atoms with Gasteiger partial charge >= 0.3 is 13.0 Å². The highest BCUT2D eigenvalue weighted by molar-refractivity contribution is 5.76. The number of ether oxygens (including phenoxy) is 2. The molecule has 0 heterocycles. The van der Waals surface area contributed by atoms with Crippen molar-refractivity contribution in [2.45, 2.75) is 13.0 Å². The topological polar surface area (TPSA) is 35.5 Å². The Balaban J connectivity index is 3.06. The molecule has 0 atom stereocenters. The molecule has 8 heteroatoms.